The highest BCUT2D eigenvalue weighted by atomic mass is 35.5. The molecule has 0 unspecified atom stereocenters. The molecule has 18 heavy (non-hydrogen) atoms. The summed E-state index contributed by atoms with van der Waals surface area (Å²) in [7, 11) is 1.39. The smallest absolute Gasteiger partial charge is 0.306 e. The van der Waals surface area contributed by atoms with Crippen molar-refractivity contribution in [1.29, 1.82) is 0 Å². The van der Waals surface area contributed by atoms with Crippen LogP contribution in [0.15, 0.2) is 5.03 Å². The summed E-state index contributed by atoms with van der Waals surface area (Å²) in [5.74, 6) is 1.75. The second kappa shape index (κ2) is 5.89. The summed E-state index contributed by atoms with van der Waals surface area (Å²) in [6.45, 7) is 1.90. The normalized spacial score (nSPS) is 14.6. The van der Waals surface area contributed by atoms with Crippen molar-refractivity contribution in [3.05, 3.63) is 16.5 Å². The Bertz CT molecular complexity index is 464. The lowest BCUT2D eigenvalue weighted by Gasteiger charge is -2.08. The highest BCUT2D eigenvalue weighted by Crippen LogP contribution is 2.39. The van der Waals surface area contributed by atoms with Gasteiger partial charge < -0.3 is 4.74 Å². The summed E-state index contributed by atoms with van der Waals surface area (Å²) < 4.78 is 4.60. The van der Waals surface area contributed by atoms with Crippen LogP contribution in [0.5, 0.6) is 0 Å². The Balaban J connectivity index is 2.04. The molecule has 1 heterocycles. The molecule has 1 aromatic heterocycles. The van der Waals surface area contributed by atoms with Gasteiger partial charge >= 0.3 is 5.97 Å². The van der Waals surface area contributed by atoms with Crippen LogP contribution in [0.4, 0.5) is 0 Å². The largest absolute Gasteiger partial charge is 0.469 e. The van der Waals surface area contributed by atoms with Crippen LogP contribution in [0.25, 0.3) is 0 Å². The van der Waals surface area contributed by atoms with Gasteiger partial charge in [-0.05, 0) is 19.8 Å². The minimum absolute atomic E-state index is 0.206. The molecule has 1 aromatic rings. The van der Waals surface area contributed by atoms with Gasteiger partial charge in [0, 0.05) is 17.2 Å². The highest BCUT2D eigenvalue weighted by Gasteiger charge is 2.28. The third-order valence-corrected chi connectivity index (χ3v) is 4.22. The molecule has 0 aliphatic heterocycles. The molecule has 0 atom stereocenters. The minimum Gasteiger partial charge on any atom is -0.469 e. The maximum absolute atomic E-state index is 11.0. The van der Waals surface area contributed by atoms with Crippen molar-refractivity contribution in [2.24, 2.45) is 0 Å². The fourth-order valence-electron chi connectivity index (χ4n) is 1.48. The van der Waals surface area contributed by atoms with E-state index >= 15 is 0 Å². The van der Waals surface area contributed by atoms with Gasteiger partial charge in [0.2, 0.25) is 0 Å². The number of thioether (sulfide) groups is 1. The molecule has 1 fully saturated rings. The minimum atomic E-state index is -0.206. The molecule has 0 saturated heterocycles. The molecule has 0 radical (unpaired) electrons. The Kier molecular flexibility index (Phi) is 4.45. The monoisotopic (exact) mass is 286 g/mol. The van der Waals surface area contributed by atoms with E-state index in [9.17, 15) is 4.79 Å². The van der Waals surface area contributed by atoms with Crippen LogP contribution in [-0.2, 0) is 9.53 Å². The van der Waals surface area contributed by atoms with E-state index in [2.05, 4.69) is 14.7 Å². The van der Waals surface area contributed by atoms with Gasteiger partial charge in [0.1, 0.15) is 16.0 Å². The zero-order valence-electron chi connectivity index (χ0n) is 10.4. The topological polar surface area (TPSA) is 52.1 Å². The zero-order valence-corrected chi connectivity index (χ0v) is 12.0. The molecule has 1 aliphatic rings. The molecule has 2 rings (SSSR count). The van der Waals surface area contributed by atoms with Crippen LogP contribution in [0.3, 0.4) is 0 Å². The lowest BCUT2D eigenvalue weighted by Crippen LogP contribution is -2.03. The van der Waals surface area contributed by atoms with Gasteiger partial charge in [0.15, 0.2) is 0 Å². The van der Waals surface area contributed by atoms with Gasteiger partial charge in [-0.25, -0.2) is 9.97 Å². The predicted molar refractivity (Wildman–Crippen MR) is 71.1 cm³/mol. The number of hydrogen-bond donors (Lipinski definition) is 0. The summed E-state index contributed by atoms with van der Waals surface area (Å²) in [6.07, 6.45) is 2.66. The number of carbonyl (C=O) groups is 1. The van der Waals surface area contributed by atoms with Gasteiger partial charge in [0.25, 0.3) is 0 Å². The quantitative estimate of drug-likeness (QED) is 0.473. The van der Waals surface area contributed by atoms with E-state index < -0.39 is 0 Å². The Labute approximate surface area is 115 Å². The number of ether oxygens (including phenoxy) is 1. The molecule has 6 heteroatoms. The van der Waals surface area contributed by atoms with Crippen LogP contribution in [0.2, 0.25) is 5.15 Å². The highest BCUT2D eigenvalue weighted by molar-refractivity contribution is 7.99. The molecular weight excluding hydrogens is 272 g/mol. The zero-order chi connectivity index (χ0) is 13.1. The van der Waals surface area contributed by atoms with Crippen LogP contribution in [-0.4, -0.2) is 28.8 Å². The number of methoxy groups -OCH3 is 1. The molecule has 1 saturated carbocycles. The van der Waals surface area contributed by atoms with E-state index in [-0.39, 0.29) is 5.97 Å². The maximum atomic E-state index is 11.0. The first-order valence-electron chi connectivity index (χ1n) is 5.85. The number of esters is 1. The first-order chi connectivity index (χ1) is 8.61. The fourth-order valence-corrected chi connectivity index (χ4v) is 2.65. The SMILES string of the molecule is COC(=O)CCSc1nc(C2CC2)nc(Cl)c1C. The van der Waals surface area contributed by atoms with Crippen LogP contribution in [0, 0.1) is 6.92 Å². The van der Waals surface area contributed by atoms with E-state index in [4.69, 9.17) is 11.6 Å². The first kappa shape index (κ1) is 13.6. The average molecular weight is 287 g/mol. The molecule has 98 valence electrons. The molecule has 4 nitrogen and oxygen atoms in total. The van der Waals surface area contributed by atoms with Gasteiger partial charge in [-0.1, -0.05) is 11.6 Å². The van der Waals surface area contributed by atoms with Gasteiger partial charge in [-0.2, -0.15) is 0 Å². The molecule has 0 amide bonds. The van der Waals surface area contributed by atoms with Crippen molar-refractivity contribution < 1.29 is 9.53 Å². The van der Waals surface area contributed by atoms with Crippen molar-refractivity contribution in [1.82, 2.24) is 9.97 Å². The molecule has 1 aliphatic carbocycles. The second-order valence-corrected chi connectivity index (χ2v) is 5.69. The van der Waals surface area contributed by atoms with Crippen molar-refractivity contribution in [2.45, 2.75) is 37.1 Å². The number of aromatic nitrogens is 2. The van der Waals surface area contributed by atoms with Gasteiger partial charge in [-0.15, -0.1) is 11.8 Å². The van der Waals surface area contributed by atoms with E-state index in [0.29, 0.717) is 23.2 Å². The lowest BCUT2D eigenvalue weighted by atomic mass is 10.3. The van der Waals surface area contributed by atoms with E-state index in [1.165, 1.54) is 18.9 Å². The summed E-state index contributed by atoms with van der Waals surface area (Å²) in [5, 5.41) is 1.40. The fraction of sp³-hybridized carbons (Fsp3) is 0.583. The number of halogens is 1. The Morgan fingerprint density at radius 3 is 2.83 bits per heavy atom. The Hall–Kier alpha value is -0.810. The third-order valence-electron chi connectivity index (χ3n) is 2.77. The second-order valence-electron chi connectivity index (χ2n) is 4.25. The molecule has 0 bridgehead atoms. The standard InChI is InChI=1S/C12H15ClN2O2S/c1-7-10(13)14-11(8-3-4-8)15-12(7)18-6-5-9(16)17-2/h8H,3-6H2,1-2H3. The summed E-state index contributed by atoms with van der Waals surface area (Å²) in [6, 6.07) is 0. The molecule has 0 spiro atoms. The summed E-state index contributed by atoms with van der Waals surface area (Å²) >= 11 is 7.63. The molecule has 0 N–H and O–H groups in total. The van der Waals surface area contributed by atoms with E-state index in [0.717, 1.165) is 29.3 Å². The van der Waals surface area contributed by atoms with Crippen molar-refractivity contribution in [3.63, 3.8) is 0 Å². The molecule has 0 aromatic carbocycles. The number of nitrogens with zero attached hydrogens (tertiary/aromatic N) is 2. The van der Waals surface area contributed by atoms with E-state index in [1.807, 2.05) is 6.92 Å². The van der Waals surface area contributed by atoms with Gasteiger partial charge in [0.05, 0.1) is 13.5 Å². The number of rotatable bonds is 5. The first-order valence-corrected chi connectivity index (χ1v) is 7.21. The van der Waals surface area contributed by atoms with Gasteiger partial charge in [-0.3, -0.25) is 4.79 Å². The third kappa shape index (κ3) is 3.36. The average Bonchev–Trinajstić information content (AvgIpc) is 3.18. The van der Waals surface area contributed by atoms with Crippen LogP contribution in [0.1, 0.15) is 36.6 Å². The van der Waals surface area contributed by atoms with Crippen molar-refractivity contribution in [3.8, 4) is 0 Å². The summed E-state index contributed by atoms with van der Waals surface area (Å²) in [4.78, 5) is 19.9. The Morgan fingerprint density at radius 1 is 1.50 bits per heavy atom. The molecular formula is C12H15ClN2O2S. The van der Waals surface area contributed by atoms with Crippen molar-refractivity contribution in [2.75, 3.05) is 12.9 Å². The van der Waals surface area contributed by atoms with Crippen LogP contribution >= 0.6 is 23.4 Å². The number of hydrogen-bond acceptors (Lipinski definition) is 5. The van der Waals surface area contributed by atoms with E-state index in [1.54, 1.807) is 0 Å². The lowest BCUT2D eigenvalue weighted by molar-refractivity contribution is -0.140. The van der Waals surface area contributed by atoms with Crippen molar-refractivity contribution >= 4 is 29.3 Å². The Morgan fingerprint density at radius 2 is 2.22 bits per heavy atom. The maximum Gasteiger partial charge on any atom is 0.306 e. The number of carbonyl (C=O) groups excluding carboxylic acids is 1. The summed E-state index contributed by atoms with van der Waals surface area (Å²) in [5.41, 5.74) is 0.885. The predicted octanol–water partition coefficient (Wildman–Crippen LogP) is 2.97. The van der Waals surface area contributed by atoms with Crippen LogP contribution < -0.4 is 0 Å².